The number of imidazole rings is 1. The summed E-state index contributed by atoms with van der Waals surface area (Å²) in [5, 5.41) is 3.33. The number of para-hydroxylation sites is 1. The number of rotatable bonds is 1. The van der Waals surface area contributed by atoms with Gasteiger partial charge in [-0.3, -0.25) is 4.57 Å². The predicted octanol–water partition coefficient (Wildman–Crippen LogP) is 2.14. The van der Waals surface area contributed by atoms with Crippen molar-refractivity contribution in [1.29, 1.82) is 0 Å². The summed E-state index contributed by atoms with van der Waals surface area (Å²) in [5.41, 5.74) is 3.22. The van der Waals surface area contributed by atoms with Crippen LogP contribution in [-0.2, 0) is 0 Å². The minimum absolute atomic E-state index is 0. The number of H-pyrrole nitrogens is 1. The van der Waals surface area contributed by atoms with Crippen molar-refractivity contribution < 1.29 is 0 Å². The molecule has 4 nitrogen and oxygen atoms in total. The normalized spacial score (nSPS) is 16.7. The molecule has 1 aliphatic rings. The molecule has 2 aromatic rings. The van der Waals surface area contributed by atoms with Crippen LogP contribution < -0.4 is 11.0 Å². The lowest BCUT2D eigenvalue weighted by Crippen LogP contribution is -2.33. The third kappa shape index (κ3) is 2.12. The van der Waals surface area contributed by atoms with Crippen molar-refractivity contribution in [3.8, 4) is 0 Å². The number of nitrogens with zero attached hydrogens (tertiary/aromatic N) is 1. The number of fused-ring (bicyclic) bond motifs is 1. The molecule has 5 heteroatoms. The van der Waals surface area contributed by atoms with E-state index >= 15 is 0 Å². The highest BCUT2D eigenvalue weighted by molar-refractivity contribution is 8.93. The highest BCUT2D eigenvalue weighted by Gasteiger charge is 2.20. The van der Waals surface area contributed by atoms with E-state index in [0.29, 0.717) is 6.04 Å². The number of hydrogen-bond donors (Lipinski definition) is 2. The van der Waals surface area contributed by atoms with Crippen LogP contribution in [0.4, 0.5) is 0 Å². The van der Waals surface area contributed by atoms with Gasteiger partial charge in [-0.05, 0) is 44.5 Å². The Morgan fingerprint density at radius 2 is 2.00 bits per heavy atom. The van der Waals surface area contributed by atoms with Crippen LogP contribution in [0, 0.1) is 6.92 Å². The van der Waals surface area contributed by atoms with Crippen LogP contribution in [0.15, 0.2) is 23.0 Å². The third-order valence-corrected chi connectivity index (χ3v) is 3.61. The number of piperidine rings is 1. The molecule has 1 aliphatic heterocycles. The van der Waals surface area contributed by atoms with Gasteiger partial charge in [0.1, 0.15) is 0 Å². The summed E-state index contributed by atoms with van der Waals surface area (Å²) in [6, 6.07) is 6.35. The molecule has 1 aromatic carbocycles. The zero-order valence-corrected chi connectivity index (χ0v) is 12.1. The lowest BCUT2D eigenvalue weighted by molar-refractivity contribution is 0.368. The molecule has 0 radical (unpaired) electrons. The molecule has 2 N–H and O–H groups in total. The van der Waals surface area contributed by atoms with Crippen molar-refractivity contribution in [2.45, 2.75) is 25.8 Å². The van der Waals surface area contributed by atoms with E-state index in [0.717, 1.165) is 37.0 Å². The van der Waals surface area contributed by atoms with Crippen LogP contribution in [-0.4, -0.2) is 22.6 Å². The zero-order chi connectivity index (χ0) is 11.8. The number of aromatic amines is 1. The van der Waals surface area contributed by atoms with Gasteiger partial charge in [-0.2, -0.15) is 0 Å². The zero-order valence-electron chi connectivity index (χ0n) is 10.4. The van der Waals surface area contributed by atoms with Gasteiger partial charge in [0, 0.05) is 6.04 Å². The Morgan fingerprint density at radius 3 is 2.72 bits per heavy atom. The fourth-order valence-corrected chi connectivity index (χ4v) is 2.77. The number of aryl methyl sites for hydroxylation is 1. The summed E-state index contributed by atoms with van der Waals surface area (Å²) in [6.45, 7) is 4.05. The quantitative estimate of drug-likeness (QED) is 0.847. The maximum atomic E-state index is 12.1. The Labute approximate surface area is 116 Å². The van der Waals surface area contributed by atoms with Gasteiger partial charge in [0.25, 0.3) is 0 Å². The molecule has 3 rings (SSSR count). The van der Waals surface area contributed by atoms with Crippen molar-refractivity contribution >= 4 is 28.0 Å². The maximum Gasteiger partial charge on any atom is 0.326 e. The Bertz CT molecular complexity index is 596. The van der Waals surface area contributed by atoms with Crippen molar-refractivity contribution in [2.75, 3.05) is 13.1 Å². The van der Waals surface area contributed by atoms with E-state index in [4.69, 9.17) is 0 Å². The van der Waals surface area contributed by atoms with Gasteiger partial charge < -0.3 is 10.3 Å². The van der Waals surface area contributed by atoms with Crippen LogP contribution in [0.25, 0.3) is 11.0 Å². The minimum atomic E-state index is 0. The summed E-state index contributed by atoms with van der Waals surface area (Å²) in [5.74, 6) is 0. The molecule has 1 aromatic heterocycles. The van der Waals surface area contributed by atoms with Gasteiger partial charge in [-0.1, -0.05) is 12.1 Å². The summed E-state index contributed by atoms with van der Waals surface area (Å²) < 4.78 is 1.95. The molecule has 0 atom stereocenters. The Kier molecular flexibility index (Phi) is 3.92. The second-order valence-corrected chi connectivity index (χ2v) is 4.75. The van der Waals surface area contributed by atoms with E-state index in [-0.39, 0.29) is 22.7 Å². The molecule has 0 unspecified atom stereocenters. The predicted molar refractivity (Wildman–Crippen MR) is 78.8 cm³/mol. The molecule has 1 fully saturated rings. The van der Waals surface area contributed by atoms with Gasteiger partial charge in [0.2, 0.25) is 0 Å². The number of aromatic nitrogens is 2. The number of hydrogen-bond acceptors (Lipinski definition) is 2. The lowest BCUT2D eigenvalue weighted by Gasteiger charge is -2.24. The molecule has 0 aliphatic carbocycles. The average molecular weight is 312 g/mol. The highest BCUT2D eigenvalue weighted by Crippen LogP contribution is 2.23. The summed E-state index contributed by atoms with van der Waals surface area (Å²) >= 11 is 0. The SMILES string of the molecule is Br.Cc1cccc2[nH]c(=O)n(C3CCNCC3)c12. The van der Waals surface area contributed by atoms with Gasteiger partial charge >= 0.3 is 5.69 Å². The van der Waals surface area contributed by atoms with E-state index in [9.17, 15) is 4.79 Å². The smallest absolute Gasteiger partial charge is 0.317 e. The van der Waals surface area contributed by atoms with Crippen LogP contribution in [0.3, 0.4) is 0 Å². The topological polar surface area (TPSA) is 49.8 Å². The van der Waals surface area contributed by atoms with Crippen LogP contribution >= 0.6 is 17.0 Å². The molecule has 1 saturated heterocycles. The number of halogens is 1. The molecular formula is C13H18BrN3O. The standard InChI is InChI=1S/C13H17N3O.BrH/c1-9-3-2-4-11-12(9)16(13(17)15-11)10-5-7-14-8-6-10;/h2-4,10,14H,5-8H2,1H3,(H,15,17);1H. The van der Waals surface area contributed by atoms with Gasteiger partial charge in [0.05, 0.1) is 11.0 Å². The number of nitrogens with one attached hydrogen (secondary N) is 2. The first-order valence-electron chi connectivity index (χ1n) is 6.18. The minimum Gasteiger partial charge on any atom is -0.317 e. The Morgan fingerprint density at radius 1 is 1.28 bits per heavy atom. The second-order valence-electron chi connectivity index (χ2n) is 4.75. The first-order valence-corrected chi connectivity index (χ1v) is 6.18. The fraction of sp³-hybridized carbons (Fsp3) is 0.462. The van der Waals surface area contributed by atoms with Crippen molar-refractivity contribution in [1.82, 2.24) is 14.9 Å². The fourth-order valence-electron chi connectivity index (χ4n) is 2.77. The molecule has 0 spiro atoms. The Balaban J connectivity index is 0.00000120. The summed E-state index contributed by atoms with van der Waals surface area (Å²) in [6.07, 6.45) is 2.06. The van der Waals surface area contributed by atoms with Crippen LogP contribution in [0.2, 0.25) is 0 Å². The molecule has 0 bridgehead atoms. The summed E-state index contributed by atoms with van der Waals surface area (Å²) in [4.78, 5) is 15.0. The Hall–Kier alpha value is -1.07. The molecule has 98 valence electrons. The maximum absolute atomic E-state index is 12.1. The average Bonchev–Trinajstić information content (AvgIpc) is 2.68. The first-order chi connectivity index (χ1) is 8.27. The van der Waals surface area contributed by atoms with Gasteiger partial charge in [0.15, 0.2) is 0 Å². The second kappa shape index (κ2) is 5.28. The van der Waals surface area contributed by atoms with Crippen molar-refractivity contribution in [3.63, 3.8) is 0 Å². The van der Waals surface area contributed by atoms with E-state index in [1.807, 2.05) is 16.7 Å². The van der Waals surface area contributed by atoms with Crippen molar-refractivity contribution in [2.24, 2.45) is 0 Å². The van der Waals surface area contributed by atoms with Gasteiger partial charge in [-0.15, -0.1) is 17.0 Å². The first kappa shape index (κ1) is 13.4. The highest BCUT2D eigenvalue weighted by atomic mass is 79.9. The number of benzene rings is 1. The molecule has 0 saturated carbocycles. The monoisotopic (exact) mass is 311 g/mol. The van der Waals surface area contributed by atoms with E-state index in [2.05, 4.69) is 23.3 Å². The van der Waals surface area contributed by atoms with Gasteiger partial charge in [-0.25, -0.2) is 4.79 Å². The largest absolute Gasteiger partial charge is 0.326 e. The lowest BCUT2D eigenvalue weighted by atomic mass is 10.1. The van der Waals surface area contributed by atoms with E-state index in [1.165, 1.54) is 5.56 Å². The molecule has 18 heavy (non-hydrogen) atoms. The van der Waals surface area contributed by atoms with E-state index < -0.39 is 0 Å². The molecule has 0 amide bonds. The van der Waals surface area contributed by atoms with Crippen LogP contribution in [0.1, 0.15) is 24.4 Å². The third-order valence-electron chi connectivity index (χ3n) is 3.61. The summed E-state index contributed by atoms with van der Waals surface area (Å²) in [7, 11) is 0. The van der Waals surface area contributed by atoms with E-state index in [1.54, 1.807) is 0 Å². The van der Waals surface area contributed by atoms with Crippen LogP contribution in [0.5, 0.6) is 0 Å². The molecular weight excluding hydrogens is 294 g/mol. The van der Waals surface area contributed by atoms with Crippen molar-refractivity contribution in [3.05, 3.63) is 34.2 Å². The molecule has 2 heterocycles.